The first kappa shape index (κ1) is 13.1. The molecular weight excluding hydrogens is 226 g/mol. The largest absolute Gasteiger partial charge is 0.367 e. The van der Waals surface area contributed by atoms with Crippen LogP contribution in [0.3, 0.4) is 0 Å². The van der Waals surface area contributed by atoms with E-state index in [9.17, 15) is 4.79 Å². The second kappa shape index (κ2) is 6.01. The van der Waals surface area contributed by atoms with Crippen LogP contribution < -0.4 is 0 Å². The van der Waals surface area contributed by atoms with E-state index >= 15 is 0 Å². The molecule has 0 saturated carbocycles. The van der Waals surface area contributed by atoms with Gasteiger partial charge in [0.05, 0.1) is 12.6 Å². The molecule has 3 nitrogen and oxygen atoms in total. The number of hydrogen-bond donors (Lipinski definition) is 0. The molecule has 98 valence electrons. The number of ether oxygens (including phenoxy) is 1. The molecule has 0 aliphatic carbocycles. The standard InChI is InChI=1S/C15H21NO2/c1-3-7-15(17)16-10-12(2)18-14(11-16)13-8-5-4-6-9-13/h4-6,8-9,12,14H,3,7,10-11H2,1-2H3/t12-,14+/m0/s1. The van der Waals surface area contributed by atoms with E-state index in [1.807, 2.05) is 36.9 Å². The quantitative estimate of drug-likeness (QED) is 0.822. The van der Waals surface area contributed by atoms with Crippen LogP contribution in [0.1, 0.15) is 38.4 Å². The number of amides is 1. The van der Waals surface area contributed by atoms with Gasteiger partial charge in [0.1, 0.15) is 6.10 Å². The fourth-order valence-electron chi connectivity index (χ4n) is 2.38. The fraction of sp³-hybridized carbons (Fsp3) is 0.533. The van der Waals surface area contributed by atoms with Gasteiger partial charge in [-0.2, -0.15) is 0 Å². The minimum absolute atomic E-state index is 0.00996. The molecule has 1 aromatic carbocycles. The van der Waals surface area contributed by atoms with Crippen LogP contribution in [0.15, 0.2) is 30.3 Å². The predicted octanol–water partition coefficient (Wildman–Crippen LogP) is 2.78. The number of benzene rings is 1. The van der Waals surface area contributed by atoms with Gasteiger partial charge in [0.15, 0.2) is 0 Å². The summed E-state index contributed by atoms with van der Waals surface area (Å²) in [6.07, 6.45) is 1.65. The fourth-order valence-corrected chi connectivity index (χ4v) is 2.38. The zero-order valence-corrected chi connectivity index (χ0v) is 11.1. The average molecular weight is 247 g/mol. The van der Waals surface area contributed by atoms with Crippen LogP contribution in [0.5, 0.6) is 0 Å². The lowest BCUT2D eigenvalue weighted by Crippen LogP contribution is -2.45. The van der Waals surface area contributed by atoms with E-state index in [1.54, 1.807) is 0 Å². The number of carbonyl (C=O) groups excluding carboxylic acids is 1. The maximum absolute atomic E-state index is 12.0. The van der Waals surface area contributed by atoms with E-state index in [0.29, 0.717) is 19.5 Å². The zero-order valence-electron chi connectivity index (χ0n) is 11.1. The molecule has 0 bridgehead atoms. The summed E-state index contributed by atoms with van der Waals surface area (Å²) in [4.78, 5) is 13.9. The van der Waals surface area contributed by atoms with Crippen molar-refractivity contribution in [2.24, 2.45) is 0 Å². The predicted molar refractivity (Wildman–Crippen MR) is 71.2 cm³/mol. The monoisotopic (exact) mass is 247 g/mol. The SMILES string of the molecule is CCCC(=O)N1C[C@H](C)O[C@@H](c2ccccc2)C1. The number of hydrogen-bond acceptors (Lipinski definition) is 2. The van der Waals surface area contributed by atoms with Crippen LogP contribution in [0.25, 0.3) is 0 Å². The van der Waals surface area contributed by atoms with E-state index in [1.165, 1.54) is 0 Å². The zero-order chi connectivity index (χ0) is 13.0. The summed E-state index contributed by atoms with van der Waals surface area (Å²) in [7, 11) is 0. The smallest absolute Gasteiger partial charge is 0.222 e. The van der Waals surface area contributed by atoms with Gasteiger partial charge in [0, 0.05) is 13.0 Å². The molecule has 1 amide bonds. The van der Waals surface area contributed by atoms with Gasteiger partial charge in [-0.3, -0.25) is 4.79 Å². The van der Waals surface area contributed by atoms with E-state index in [0.717, 1.165) is 12.0 Å². The van der Waals surface area contributed by atoms with Crippen LogP contribution >= 0.6 is 0 Å². The Kier molecular flexibility index (Phi) is 4.37. The van der Waals surface area contributed by atoms with Crippen LogP contribution in [0, 0.1) is 0 Å². The van der Waals surface area contributed by atoms with E-state index in [4.69, 9.17) is 4.74 Å². The lowest BCUT2D eigenvalue weighted by Gasteiger charge is -2.37. The first-order valence-electron chi connectivity index (χ1n) is 6.69. The summed E-state index contributed by atoms with van der Waals surface area (Å²) in [6, 6.07) is 10.1. The maximum atomic E-state index is 12.0. The Hall–Kier alpha value is -1.35. The van der Waals surface area contributed by atoms with Crippen molar-refractivity contribution in [2.45, 2.75) is 38.9 Å². The third-order valence-corrected chi connectivity index (χ3v) is 3.25. The van der Waals surface area contributed by atoms with Crippen molar-refractivity contribution in [3.8, 4) is 0 Å². The van der Waals surface area contributed by atoms with Crippen molar-refractivity contribution >= 4 is 5.91 Å². The van der Waals surface area contributed by atoms with E-state index in [2.05, 4.69) is 12.1 Å². The van der Waals surface area contributed by atoms with Crippen molar-refractivity contribution in [2.75, 3.05) is 13.1 Å². The molecule has 1 fully saturated rings. The summed E-state index contributed by atoms with van der Waals surface area (Å²) in [5, 5.41) is 0. The molecule has 2 atom stereocenters. The summed E-state index contributed by atoms with van der Waals surface area (Å²) in [6.45, 7) is 5.45. The third-order valence-electron chi connectivity index (χ3n) is 3.25. The van der Waals surface area contributed by atoms with Gasteiger partial charge in [-0.25, -0.2) is 0 Å². The van der Waals surface area contributed by atoms with E-state index < -0.39 is 0 Å². The number of nitrogens with zero attached hydrogens (tertiary/aromatic N) is 1. The Morgan fingerprint density at radius 1 is 1.33 bits per heavy atom. The first-order valence-corrected chi connectivity index (χ1v) is 6.69. The van der Waals surface area contributed by atoms with Gasteiger partial charge < -0.3 is 9.64 Å². The molecule has 18 heavy (non-hydrogen) atoms. The molecule has 0 unspecified atom stereocenters. The van der Waals surface area contributed by atoms with Crippen molar-refractivity contribution in [1.82, 2.24) is 4.90 Å². The molecule has 1 heterocycles. The van der Waals surface area contributed by atoms with Crippen LogP contribution in [0.2, 0.25) is 0 Å². The van der Waals surface area contributed by atoms with E-state index in [-0.39, 0.29) is 18.1 Å². The Bertz CT molecular complexity index is 391. The number of morpholine rings is 1. The highest BCUT2D eigenvalue weighted by atomic mass is 16.5. The van der Waals surface area contributed by atoms with Crippen molar-refractivity contribution in [3.63, 3.8) is 0 Å². The summed E-state index contributed by atoms with van der Waals surface area (Å²) >= 11 is 0. The molecule has 0 radical (unpaired) electrons. The third kappa shape index (κ3) is 3.10. The second-order valence-corrected chi connectivity index (χ2v) is 4.89. The second-order valence-electron chi connectivity index (χ2n) is 4.89. The van der Waals surface area contributed by atoms with Crippen molar-refractivity contribution in [3.05, 3.63) is 35.9 Å². The normalized spacial score (nSPS) is 24.0. The molecule has 0 spiro atoms. The van der Waals surface area contributed by atoms with Crippen molar-refractivity contribution < 1.29 is 9.53 Å². The van der Waals surface area contributed by atoms with Gasteiger partial charge in [-0.15, -0.1) is 0 Å². The molecule has 1 aliphatic heterocycles. The highest BCUT2D eigenvalue weighted by Gasteiger charge is 2.28. The molecule has 3 heteroatoms. The van der Waals surface area contributed by atoms with Gasteiger partial charge in [-0.1, -0.05) is 37.3 Å². The van der Waals surface area contributed by atoms with Gasteiger partial charge in [-0.05, 0) is 18.9 Å². The Morgan fingerprint density at radius 2 is 2.06 bits per heavy atom. The molecule has 2 rings (SSSR count). The number of carbonyl (C=O) groups is 1. The summed E-state index contributed by atoms with van der Waals surface area (Å²) in [5.74, 6) is 0.244. The average Bonchev–Trinajstić information content (AvgIpc) is 2.39. The van der Waals surface area contributed by atoms with Crippen LogP contribution in [-0.4, -0.2) is 30.0 Å². The van der Waals surface area contributed by atoms with Crippen molar-refractivity contribution in [1.29, 1.82) is 0 Å². The molecular formula is C15H21NO2. The molecule has 1 aliphatic rings. The highest BCUT2D eigenvalue weighted by Crippen LogP contribution is 2.25. The molecule has 1 aromatic rings. The Labute approximate surface area is 109 Å². The maximum Gasteiger partial charge on any atom is 0.222 e. The molecule has 0 N–H and O–H groups in total. The van der Waals surface area contributed by atoms with Gasteiger partial charge in [0.2, 0.25) is 5.91 Å². The van der Waals surface area contributed by atoms with Gasteiger partial charge >= 0.3 is 0 Å². The number of rotatable bonds is 3. The van der Waals surface area contributed by atoms with Crippen LogP contribution in [-0.2, 0) is 9.53 Å². The Morgan fingerprint density at radius 3 is 2.72 bits per heavy atom. The van der Waals surface area contributed by atoms with Crippen LogP contribution in [0.4, 0.5) is 0 Å². The molecule has 0 aromatic heterocycles. The highest BCUT2D eigenvalue weighted by molar-refractivity contribution is 5.76. The van der Waals surface area contributed by atoms with Gasteiger partial charge in [0.25, 0.3) is 0 Å². The first-order chi connectivity index (χ1) is 8.70. The minimum atomic E-state index is 0.00996. The minimum Gasteiger partial charge on any atom is -0.367 e. The Balaban J connectivity index is 2.07. The lowest BCUT2D eigenvalue weighted by atomic mass is 10.1. The topological polar surface area (TPSA) is 29.5 Å². The summed E-state index contributed by atoms with van der Waals surface area (Å²) in [5.41, 5.74) is 1.15. The molecule has 1 saturated heterocycles. The lowest BCUT2D eigenvalue weighted by molar-refractivity contribution is -0.144. The summed E-state index contributed by atoms with van der Waals surface area (Å²) < 4.78 is 5.94.